The molecule has 108 valence electrons. The predicted molar refractivity (Wildman–Crippen MR) is 79.6 cm³/mol. The molecule has 18 heavy (non-hydrogen) atoms. The van der Waals surface area contributed by atoms with Crippen LogP contribution in [0, 0.1) is 11.3 Å². The standard InChI is InChI=1S/C12H23NO.C4H10/c1-9-5-7-10(8-6-9)13-11(14)12(2,3)4;1-3-4-2/h9-10H,5-8H2,1-4H3,(H,13,14);3-4H2,1-2H3. The monoisotopic (exact) mass is 255 g/mol. The molecule has 0 aromatic carbocycles. The van der Waals surface area contributed by atoms with Gasteiger partial charge in [0.1, 0.15) is 0 Å². The second kappa shape index (κ2) is 8.55. The SMILES string of the molecule is CC1CCC(NC(=O)C(C)(C)C)CC1.CCCC. The van der Waals surface area contributed by atoms with Crippen molar-refractivity contribution in [1.29, 1.82) is 0 Å². The van der Waals surface area contributed by atoms with Gasteiger partial charge in [0.15, 0.2) is 0 Å². The summed E-state index contributed by atoms with van der Waals surface area (Å²) < 4.78 is 0. The lowest BCUT2D eigenvalue weighted by molar-refractivity contribution is -0.129. The number of carbonyl (C=O) groups excluding carboxylic acids is 1. The molecule has 0 radical (unpaired) electrons. The minimum absolute atomic E-state index is 0.192. The van der Waals surface area contributed by atoms with Gasteiger partial charge in [-0.2, -0.15) is 0 Å². The first kappa shape index (κ1) is 17.5. The van der Waals surface area contributed by atoms with Crippen LogP contribution in [0.4, 0.5) is 0 Å². The van der Waals surface area contributed by atoms with Gasteiger partial charge >= 0.3 is 0 Å². The van der Waals surface area contributed by atoms with E-state index in [0.29, 0.717) is 6.04 Å². The highest BCUT2D eigenvalue weighted by molar-refractivity contribution is 5.81. The molecule has 0 aromatic heterocycles. The summed E-state index contributed by atoms with van der Waals surface area (Å²) in [5.41, 5.74) is -0.247. The normalized spacial score (nSPS) is 23.9. The molecule has 1 amide bonds. The lowest BCUT2D eigenvalue weighted by Crippen LogP contribution is -2.43. The van der Waals surface area contributed by atoms with E-state index in [4.69, 9.17) is 0 Å². The van der Waals surface area contributed by atoms with Crippen molar-refractivity contribution in [2.75, 3.05) is 0 Å². The smallest absolute Gasteiger partial charge is 0.225 e. The summed E-state index contributed by atoms with van der Waals surface area (Å²) >= 11 is 0. The van der Waals surface area contributed by atoms with Gasteiger partial charge in [0, 0.05) is 11.5 Å². The van der Waals surface area contributed by atoms with E-state index in [1.807, 2.05) is 20.8 Å². The highest BCUT2D eigenvalue weighted by atomic mass is 16.2. The molecule has 0 aromatic rings. The number of carbonyl (C=O) groups is 1. The van der Waals surface area contributed by atoms with Gasteiger partial charge in [-0.1, -0.05) is 54.4 Å². The molecule has 1 saturated carbocycles. The summed E-state index contributed by atoms with van der Waals surface area (Å²) in [6.45, 7) is 12.6. The maximum atomic E-state index is 11.7. The molecular weight excluding hydrogens is 222 g/mol. The second-order valence-corrected chi connectivity index (χ2v) is 6.68. The highest BCUT2D eigenvalue weighted by Crippen LogP contribution is 2.24. The van der Waals surface area contributed by atoms with E-state index < -0.39 is 0 Å². The third-order valence-corrected chi connectivity index (χ3v) is 3.53. The summed E-state index contributed by atoms with van der Waals surface area (Å²) in [6, 6.07) is 0.429. The van der Waals surface area contributed by atoms with Crippen LogP contribution in [0.1, 0.15) is 80.1 Å². The van der Waals surface area contributed by atoms with Crippen molar-refractivity contribution in [3.8, 4) is 0 Å². The molecule has 1 aliphatic rings. The molecule has 1 fully saturated rings. The first-order valence-electron chi connectivity index (χ1n) is 7.62. The third kappa shape index (κ3) is 7.73. The molecule has 2 heteroatoms. The molecule has 0 unspecified atom stereocenters. The zero-order chi connectivity index (χ0) is 14.2. The van der Waals surface area contributed by atoms with Crippen LogP contribution in [0.25, 0.3) is 0 Å². The van der Waals surface area contributed by atoms with Gasteiger partial charge in [0.2, 0.25) is 5.91 Å². The van der Waals surface area contributed by atoms with Crippen LogP contribution in [0.15, 0.2) is 0 Å². The van der Waals surface area contributed by atoms with Crippen molar-refractivity contribution in [3.05, 3.63) is 0 Å². The van der Waals surface area contributed by atoms with Gasteiger partial charge in [-0.05, 0) is 31.6 Å². The maximum Gasteiger partial charge on any atom is 0.225 e. The fraction of sp³-hybridized carbons (Fsp3) is 0.938. The van der Waals surface area contributed by atoms with Crippen LogP contribution in [-0.4, -0.2) is 11.9 Å². The molecule has 1 N–H and O–H groups in total. The zero-order valence-corrected chi connectivity index (χ0v) is 13.3. The van der Waals surface area contributed by atoms with Gasteiger partial charge in [-0.15, -0.1) is 0 Å². The van der Waals surface area contributed by atoms with Crippen LogP contribution >= 0.6 is 0 Å². The molecule has 0 heterocycles. The average Bonchev–Trinajstić information content (AvgIpc) is 2.31. The summed E-state index contributed by atoms with van der Waals surface area (Å²) in [5, 5.41) is 3.14. The van der Waals surface area contributed by atoms with Crippen molar-refractivity contribution >= 4 is 5.91 Å². The molecule has 2 nitrogen and oxygen atoms in total. The summed E-state index contributed by atoms with van der Waals surface area (Å²) in [5.74, 6) is 1.04. The first-order chi connectivity index (χ1) is 8.31. The first-order valence-corrected chi connectivity index (χ1v) is 7.62. The number of nitrogens with one attached hydrogen (secondary N) is 1. The summed E-state index contributed by atoms with van der Waals surface area (Å²) in [4.78, 5) is 11.7. The van der Waals surface area contributed by atoms with E-state index in [-0.39, 0.29) is 11.3 Å². The van der Waals surface area contributed by atoms with Crippen molar-refractivity contribution < 1.29 is 4.79 Å². The van der Waals surface area contributed by atoms with Crippen LogP contribution in [-0.2, 0) is 4.79 Å². The van der Waals surface area contributed by atoms with E-state index in [1.54, 1.807) is 0 Å². The van der Waals surface area contributed by atoms with Gasteiger partial charge in [-0.25, -0.2) is 0 Å². The Kier molecular flexibility index (Phi) is 8.30. The molecule has 0 bridgehead atoms. The summed E-state index contributed by atoms with van der Waals surface area (Å²) in [6.07, 6.45) is 7.47. The van der Waals surface area contributed by atoms with Gasteiger partial charge in [0.25, 0.3) is 0 Å². The van der Waals surface area contributed by atoms with E-state index in [1.165, 1.54) is 25.7 Å². The minimum atomic E-state index is -0.247. The molecule has 0 atom stereocenters. The third-order valence-electron chi connectivity index (χ3n) is 3.53. The highest BCUT2D eigenvalue weighted by Gasteiger charge is 2.25. The zero-order valence-electron chi connectivity index (χ0n) is 13.3. The van der Waals surface area contributed by atoms with Crippen molar-refractivity contribution in [2.24, 2.45) is 11.3 Å². The van der Waals surface area contributed by atoms with E-state index >= 15 is 0 Å². The number of amides is 1. The number of rotatable bonds is 2. The Hall–Kier alpha value is -0.530. The Morgan fingerprint density at radius 1 is 1.06 bits per heavy atom. The van der Waals surface area contributed by atoms with Crippen molar-refractivity contribution in [1.82, 2.24) is 5.32 Å². The summed E-state index contributed by atoms with van der Waals surface area (Å²) in [7, 11) is 0. The number of hydrogen-bond donors (Lipinski definition) is 1. The van der Waals surface area contributed by atoms with Gasteiger partial charge in [-0.3, -0.25) is 4.79 Å². The topological polar surface area (TPSA) is 29.1 Å². The van der Waals surface area contributed by atoms with Gasteiger partial charge < -0.3 is 5.32 Å². The van der Waals surface area contributed by atoms with Crippen LogP contribution in [0.2, 0.25) is 0 Å². The molecule has 1 rings (SSSR count). The van der Waals surface area contributed by atoms with Crippen LogP contribution < -0.4 is 5.32 Å². The Morgan fingerprint density at radius 2 is 1.50 bits per heavy atom. The van der Waals surface area contributed by atoms with E-state index in [2.05, 4.69) is 26.1 Å². The van der Waals surface area contributed by atoms with Crippen LogP contribution in [0.3, 0.4) is 0 Å². The van der Waals surface area contributed by atoms with Crippen molar-refractivity contribution in [3.63, 3.8) is 0 Å². The Morgan fingerprint density at radius 3 is 1.83 bits per heavy atom. The Balaban J connectivity index is 0.000000631. The van der Waals surface area contributed by atoms with Gasteiger partial charge in [0.05, 0.1) is 0 Å². The fourth-order valence-corrected chi connectivity index (χ4v) is 1.81. The predicted octanol–water partition coefficient (Wildman–Crippen LogP) is 4.53. The lowest BCUT2D eigenvalue weighted by atomic mass is 9.86. The minimum Gasteiger partial charge on any atom is -0.353 e. The van der Waals surface area contributed by atoms with E-state index in [9.17, 15) is 4.79 Å². The quantitative estimate of drug-likeness (QED) is 0.771. The fourth-order valence-electron chi connectivity index (χ4n) is 1.81. The average molecular weight is 255 g/mol. The molecule has 0 spiro atoms. The Bertz CT molecular complexity index is 220. The number of hydrogen-bond acceptors (Lipinski definition) is 1. The molecule has 0 aliphatic heterocycles. The van der Waals surface area contributed by atoms with E-state index in [0.717, 1.165) is 18.8 Å². The maximum absolute atomic E-state index is 11.7. The molecule has 1 aliphatic carbocycles. The molecule has 0 saturated heterocycles. The molecular formula is C16H33NO. The van der Waals surface area contributed by atoms with Crippen LogP contribution in [0.5, 0.6) is 0 Å². The second-order valence-electron chi connectivity index (χ2n) is 6.68. The van der Waals surface area contributed by atoms with Crippen molar-refractivity contribution in [2.45, 2.75) is 86.1 Å². The number of unbranched alkanes of at least 4 members (excludes halogenated alkanes) is 1. The Labute approximate surface area is 114 Å². The lowest BCUT2D eigenvalue weighted by Gasteiger charge is -2.29. The largest absolute Gasteiger partial charge is 0.353 e.